The van der Waals surface area contributed by atoms with Gasteiger partial charge in [0.25, 0.3) is 0 Å². The number of hydrogen-bond donors (Lipinski definition) is 1. The molecule has 1 aliphatic rings. The first-order valence-corrected chi connectivity index (χ1v) is 10.4. The highest BCUT2D eigenvalue weighted by Crippen LogP contribution is 2.29. The van der Waals surface area contributed by atoms with Gasteiger partial charge in [-0.3, -0.25) is 4.79 Å². The molecular formula is C21H23N5OS. The molecule has 6 nitrogen and oxygen atoms in total. The standard InChI is InChI=1S/C21H23N5OS/c1-14(2)17-13-23-21(28-17)16-6-5-7-19(24-16)25-18-10-9-15(12-22-18)26-11-4-3-8-20(26)27/h5-7,9-10,12-14H,3-4,8,11H2,1-2H3,(H,22,24,25). The summed E-state index contributed by atoms with van der Waals surface area (Å²) in [6.07, 6.45) is 6.30. The third kappa shape index (κ3) is 4.04. The van der Waals surface area contributed by atoms with Crippen molar-refractivity contribution in [3.63, 3.8) is 0 Å². The molecule has 4 heterocycles. The van der Waals surface area contributed by atoms with Gasteiger partial charge in [-0.2, -0.15) is 0 Å². The van der Waals surface area contributed by atoms with Crippen LogP contribution in [0.4, 0.5) is 17.3 Å². The van der Waals surface area contributed by atoms with Crippen molar-refractivity contribution in [1.82, 2.24) is 15.0 Å². The second-order valence-corrected chi connectivity index (χ2v) is 8.22. The van der Waals surface area contributed by atoms with Crippen molar-refractivity contribution >= 4 is 34.6 Å². The average molecular weight is 394 g/mol. The van der Waals surface area contributed by atoms with Gasteiger partial charge < -0.3 is 10.2 Å². The van der Waals surface area contributed by atoms with Gasteiger partial charge >= 0.3 is 0 Å². The minimum atomic E-state index is 0.173. The molecule has 4 rings (SSSR count). The Labute approximate surface area is 168 Å². The molecular weight excluding hydrogens is 370 g/mol. The number of nitrogens with one attached hydrogen (secondary N) is 1. The van der Waals surface area contributed by atoms with E-state index in [1.54, 1.807) is 17.5 Å². The number of thiazole rings is 1. The van der Waals surface area contributed by atoms with E-state index in [0.717, 1.165) is 35.8 Å². The van der Waals surface area contributed by atoms with E-state index in [1.165, 1.54) is 4.88 Å². The Kier molecular flexibility index (Phi) is 5.34. The van der Waals surface area contributed by atoms with Crippen molar-refractivity contribution in [3.8, 4) is 10.7 Å². The molecule has 0 bridgehead atoms. The zero-order chi connectivity index (χ0) is 19.5. The molecule has 0 spiro atoms. The number of amides is 1. The summed E-state index contributed by atoms with van der Waals surface area (Å²) in [5, 5.41) is 4.15. The lowest BCUT2D eigenvalue weighted by molar-refractivity contribution is -0.119. The third-order valence-corrected chi connectivity index (χ3v) is 6.02. The van der Waals surface area contributed by atoms with Crippen LogP contribution >= 0.6 is 11.3 Å². The van der Waals surface area contributed by atoms with Gasteiger partial charge in [-0.15, -0.1) is 11.3 Å². The summed E-state index contributed by atoms with van der Waals surface area (Å²) in [5.74, 6) is 2.04. The molecule has 0 aromatic carbocycles. The Hall–Kier alpha value is -2.80. The number of rotatable bonds is 5. The van der Waals surface area contributed by atoms with E-state index in [0.29, 0.717) is 24.0 Å². The molecule has 1 aliphatic heterocycles. The predicted molar refractivity (Wildman–Crippen MR) is 113 cm³/mol. The Morgan fingerprint density at radius 1 is 1.07 bits per heavy atom. The van der Waals surface area contributed by atoms with E-state index < -0.39 is 0 Å². The Morgan fingerprint density at radius 2 is 1.96 bits per heavy atom. The van der Waals surface area contributed by atoms with Crippen LogP contribution in [-0.4, -0.2) is 27.4 Å². The number of carbonyl (C=O) groups is 1. The second-order valence-electron chi connectivity index (χ2n) is 7.16. The summed E-state index contributed by atoms with van der Waals surface area (Å²) < 4.78 is 0. The van der Waals surface area contributed by atoms with Crippen molar-refractivity contribution in [1.29, 1.82) is 0 Å². The van der Waals surface area contributed by atoms with Gasteiger partial charge in [0, 0.05) is 24.0 Å². The lowest BCUT2D eigenvalue weighted by Gasteiger charge is -2.26. The van der Waals surface area contributed by atoms with Crippen LogP contribution in [0.5, 0.6) is 0 Å². The Bertz CT molecular complexity index is 967. The first-order valence-electron chi connectivity index (χ1n) is 9.57. The maximum absolute atomic E-state index is 12.1. The number of carbonyl (C=O) groups excluding carboxylic acids is 1. The number of anilines is 3. The fraction of sp³-hybridized carbons (Fsp3) is 0.333. The minimum absolute atomic E-state index is 0.173. The van der Waals surface area contributed by atoms with Gasteiger partial charge in [0.1, 0.15) is 22.3 Å². The van der Waals surface area contributed by atoms with E-state index >= 15 is 0 Å². The van der Waals surface area contributed by atoms with Gasteiger partial charge in [-0.1, -0.05) is 19.9 Å². The third-order valence-electron chi connectivity index (χ3n) is 4.70. The minimum Gasteiger partial charge on any atom is -0.325 e. The van der Waals surface area contributed by atoms with Crippen molar-refractivity contribution in [3.05, 3.63) is 47.6 Å². The van der Waals surface area contributed by atoms with Crippen LogP contribution in [0.3, 0.4) is 0 Å². The largest absolute Gasteiger partial charge is 0.325 e. The summed E-state index contributed by atoms with van der Waals surface area (Å²) in [4.78, 5) is 28.7. The normalized spacial score (nSPS) is 14.5. The first-order chi connectivity index (χ1) is 13.6. The second kappa shape index (κ2) is 8.06. The van der Waals surface area contributed by atoms with E-state index in [-0.39, 0.29) is 5.91 Å². The lowest BCUT2D eigenvalue weighted by Crippen LogP contribution is -2.35. The SMILES string of the molecule is CC(C)c1cnc(-c2cccc(Nc3ccc(N4CCCCC4=O)cn3)n2)s1. The monoisotopic (exact) mass is 393 g/mol. The molecule has 28 heavy (non-hydrogen) atoms. The zero-order valence-electron chi connectivity index (χ0n) is 16.1. The van der Waals surface area contributed by atoms with Gasteiger partial charge in [-0.05, 0) is 43.0 Å². The van der Waals surface area contributed by atoms with Gasteiger partial charge in [0.05, 0.1) is 11.9 Å². The molecule has 0 atom stereocenters. The highest BCUT2D eigenvalue weighted by Gasteiger charge is 2.19. The Morgan fingerprint density at radius 3 is 2.68 bits per heavy atom. The molecule has 0 radical (unpaired) electrons. The smallest absolute Gasteiger partial charge is 0.227 e. The molecule has 0 unspecified atom stereocenters. The molecule has 1 fully saturated rings. The highest BCUT2D eigenvalue weighted by atomic mass is 32.1. The van der Waals surface area contributed by atoms with Crippen LogP contribution in [0.15, 0.2) is 42.7 Å². The number of nitrogens with zero attached hydrogens (tertiary/aromatic N) is 4. The van der Waals surface area contributed by atoms with Crippen LogP contribution in [-0.2, 0) is 4.79 Å². The molecule has 7 heteroatoms. The molecule has 1 N–H and O–H groups in total. The molecule has 0 saturated carbocycles. The molecule has 3 aromatic rings. The number of hydrogen-bond acceptors (Lipinski definition) is 6. The average Bonchev–Trinajstić information content (AvgIpc) is 3.20. The van der Waals surface area contributed by atoms with Crippen LogP contribution in [0.25, 0.3) is 10.7 Å². The van der Waals surface area contributed by atoms with E-state index in [2.05, 4.69) is 34.1 Å². The van der Waals surface area contributed by atoms with E-state index in [4.69, 9.17) is 0 Å². The molecule has 3 aromatic heterocycles. The summed E-state index contributed by atoms with van der Waals surface area (Å²) in [5.41, 5.74) is 1.69. The first kappa shape index (κ1) is 18.6. The van der Waals surface area contributed by atoms with Crippen molar-refractivity contribution in [2.45, 2.75) is 39.0 Å². The van der Waals surface area contributed by atoms with Gasteiger partial charge in [-0.25, -0.2) is 15.0 Å². The Balaban J connectivity index is 1.49. The summed E-state index contributed by atoms with van der Waals surface area (Å²) in [6.45, 7) is 5.09. The zero-order valence-corrected chi connectivity index (χ0v) is 16.9. The fourth-order valence-corrected chi connectivity index (χ4v) is 4.01. The van der Waals surface area contributed by atoms with Crippen molar-refractivity contribution in [2.75, 3.05) is 16.8 Å². The van der Waals surface area contributed by atoms with E-state index in [1.807, 2.05) is 41.4 Å². The summed E-state index contributed by atoms with van der Waals surface area (Å²) >= 11 is 1.67. The van der Waals surface area contributed by atoms with Crippen LogP contribution in [0.2, 0.25) is 0 Å². The summed E-state index contributed by atoms with van der Waals surface area (Å²) in [7, 11) is 0. The van der Waals surface area contributed by atoms with Gasteiger partial charge in [0.15, 0.2) is 0 Å². The number of aromatic nitrogens is 3. The maximum atomic E-state index is 12.1. The van der Waals surface area contributed by atoms with Gasteiger partial charge in [0.2, 0.25) is 5.91 Å². The van der Waals surface area contributed by atoms with Crippen molar-refractivity contribution in [2.24, 2.45) is 0 Å². The lowest BCUT2D eigenvalue weighted by atomic mass is 10.1. The van der Waals surface area contributed by atoms with Crippen LogP contribution in [0, 0.1) is 0 Å². The summed E-state index contributed by atoms with van der Waals surface area (Å²) in [6, 6.07) is 9.64. The fourth-order valence-electron chi connectivity index (χ4n) is 3.13. The number of piperidine rings is 1. The molecule has 0 aliphatic carbocycles. The van der Waals surface area contributed by atoms with Crippen LogP contribution in [0.1, 0.15) is 43.9 Å². The number of pyridine rings is 2. The molecule has 1 amide bonds. The molecule has 144 valence electrons. The quantitative estimate of drug-likeness (QED) is 0.662. The van der Waals surface area contributed by atoms with Crippen molar-refractivity contribution < 1.29 is 4.79 Å². The topological polar surface area (TPSA) is 71.0 Å². The highest BCUT2D eigenvalue weighted by molar-refractivity contribution is 7.15. The van der Waals surface area contributed by atoms with E-state index in [9.17, 15) is 4.79 Å². The maximum Gasteiger partial charge on any atom is 0.227 e. The predicted octanol–water partition coefficient (Wildman–Crippen LogP) is 4.98. The molecule has 1 saturated heterocycles. The van der Waals surface area contributed by atoms with Crippen LogP contribution < -0.4 is 10.2 Å².